The summed E-state index contributed by atoms with van der Waals surface area (Å²) in [5.41, 5.74) is 0.115. The molecule has 0 aromatic heterocycles. The van der Waals surface area contributed by atoms with Gasteiger partial charge in [-0.15, -0.1) is 0 Å². The van der Waals surface area contributed by atoms with Gasteiger partial charge < -0.3 is 5.11 Å². The second-order valence-corrected chi connectivity index (χ2v) is 6.52. The van der Waals surface area contributed by atoms with E-state index in [2.05, 4.69) is 6.92 Å². The molecular weight excluding hydrogens is 160 g/mol. The van der Waals surface area contributed by atoms with Crippen LogP contribution in [0.1, 0.15) is 46.0 Å². The van der Waals surface area contributed by atoms with Crippen LogP contribution in [0.4, 0.5) is 0 Å². The van der Waals surface area contributed by atoms with E-state index < -0.39 is 0 Å². The zero-order valence-corrected chi connectivity index (χ0v) is 8.71. The summed E-state index contributed by atoms with van der Waals surface area (Å²) in [7, 11) is 0. The molecule has 74 valence electrons. The lowest BCUT2D eigenvalue weighted by atomic mass is 9.62. The second-order valence-electron chi connectivity index (χ2n) is 6.52. The quantitative estimate of drug-likeness (QED) is 0.607. The van der Waals surface area contributed by atoms with E-state index >= 15 is 0 Å². The molecule has 5 atom stereocenters. The first-order valence-electron chi connectivity index (χ1n) is 5.70. The Morgan fingerprint density at radius 3 is 2.54 bits per heavy atom. The third kappa shape index (κ3) is 1.09. The van der Waals surface area contributed by atoms with E-state index in [9.17, 15) is 5.11 Å². The predicted molar refractivity (Wildman–Crippen MR) is 52.3 cm³/mol. The fraction of sp³-hybridized carbons (Fsp3) is 1.00. The van der Waals surface area contributed by atoms with Crippen molar-refractivity contribution in [2.45, 2.75) is 51.6 Å². The normalized spacial score (nSPS) is 64.4. The minimum absolute atomic E-state index is 0.362. The van der Waals surface area contributed by atoms with E-state index in [0.29, 0.717) is 5.41 Å². The van der Waals surface area contributed by atoms with Crippen molar-refractivity contribution in [3.63, 3.8) is 0 Å². The summed E-state index contributed by atoms with van der Waals surface area (Å²) in [5.74, 6) is 2.88. The topological polar surface area (TPSA) is 20.2 Å². The van der Waals surface area contributed by atoms with Crippen LogP contribution in [0.3, 0.4) is 0 Å². The molecule has 3 aliphatic carbocycles. The van der Waals surface area contributed by atoms with E-state index in [4.69, 9.17) is 0 Å². The van der Waals surface area contributed by atoms with Crippen LogP contribution in [-0.4, -0.2) is 10.7 Å². The Bertz CT molecular complexity index is 246. The Morgan fingerprint density at radius 2 is 1.77 bits per heavy atom. The van der Waals surface area contributed by atoms with Crippen molar-refractivity contribution in [3.8, 4) is 0 Å². The monoisotopic (exact) mass is 180 g/mol. The Hall–Kier alpha value is -0.0400. The maximum Gasteiger partial charge on any atom is 0.0627 e. The zero-order chi connectivity index (χ0) is 9.27. The second kappa shape index (κ2) is 2.13. The Morgan fingerprint density at radius 1 is 1.08 bits per heavy atom. The number of hydrogen-bond donors (Lipinski definition) is 1. The molecule has 0 heterocycles. The number of rotatable bonds is 0. The van der Waals surface area contributed by atoms with E-state index in [0.717, 1.165) is 30.6 Å². The van der Waals surface area contributed by atoms with Gasteiger partial charge in [-0.1, -0.05) is 6.92 Å². The van der Waals surface area contributed by atoms with Crippen molar-refractivity contribution in [1.82, 2.24) is 0 Å². The Balaban J connectivity index is 1.93. The van der Waals surface area contributed by atoms with Crippen LogP contribution in [0.15, 0.2) is 0 Å². The molecule has 0 radical (unpaired) electrons. The molecule has 0 aromatic carbocycles. The first-order chi connectivity index (χ1) is 5.98. The first-order valence-corrected chi connectivity index (χ1v) is 5.70. The van der Waals surface area contributed by atoms with Crippen molar-refractivity contribution in [2.24, 2.45) is 23.2 Å². The Labute approximate surface area is 80.5 Å². The highest BCUT2D eigenvalue weighted by molar-refractivity contribution is 5.07. The minimum Gasteiger partial charge on any atom is -0.390 e. The van der Waals surface area contributed by atoms with Crippen LogP contribution in [0.2, 0.25) is 0 Å². The predicted octanol–water partition coefficient (Wildman–Crippen LogP) is 2.58. The van der Waals surface area contributed by atoms with Crippen LogP contribution in [0.25, 0.3) is 0 Å². The average molecular weight is 180 g/mol. The van der Waals surface area contributed by atoms with Gasteiger partial charge in [-0.25, -0.2) is 0 Å². The van der Waals surface area contributed by atoms with Gasteiger partial charge in [0.05, 0.1) is 5.60 Å². The van der Waals surface area contributed by atoms with E-state index in [1.54, 1.807) is 0 Å². The van der Waals surface area contributed by atoms with Crippen molar-refractivity contribution >= 4 is 0 Å². The van der Waals surface area contributed by atoms with Crippen LogP contribution in [0, 0.1) is 23.2 Å². The van der Waals surface area contributed by atoms with Crippen LogP contribution in [-0.2, 0) is 0 Å². The van der Waals surface area contributed by atoms with Crippen molar-refractivity contribution in [2.75, 3.05) is 0 Å². The third-order valence-electron chi connectivity index (χ3n) is 4.81. The SMILES string of the molecule is CC1(O)CC2CC3CC(C)(CC23)C1. The van der Waals surface area contributed by atoms with Gasteiger partial charge in [0.15, 0.2) is 0 Å². The van der Waals surface area contributed by atoms with Gasteiger partial charge in [-0.05, 0) is 62.2 Å². The summed E-state index contributed by atoms with van der Waals surface area (Å²) >= 11 is 0. The summed E-state index contributed by atoms with van der Waals surface area (Å²) < 4.78 is 0. The highest BCUT2D eigenvalue weighted by Gasteiger charge is 2.57. The average Bonchev–Trinajstić information content (AvgIpc) is 2.14. The molecule has 0 saturated heterocycles. The van der Waals surface area contributed by atoms with E-state index in [-0.39, 0.29) is 5.60 Å². The lowest BCUT2D eigenvalue weighted by molar-refractivity contribution is -0.0395. The largest absolute Gasteiger partial charge is 0.390 e. The zero-order valence-electron chi connectivity index (χ0n) is 8.71. The molecular formula is C12H20O. The van der Waals surface area contributed by atoms with Gasteiger partial charge in [-0.2, -0.15) is 0 Å². The molecule has 3 saturated carbocycles. The molecule has 0 amide bonds. The molecule has 1 nitrogen and oxygen atoms in total. The van der Waals surface area contributed by atoms with Crippen molar-refractivity contribution in [3.05, 3.63) is 0 Å². The molecule has 2 bridgehead atoms. The van der Waals surface area contributed by atoms with Gasteiger partial charge in [0, 0.05) is 0 Å². The van der Waals surface area contributed by atoms with Crippen molar-refractivity contribution < 1.29 is 5.11 Å². The number of aliphatic hydroxyl groups is 1. The van der Waals surface area contributed by atoms with E-state index in [1.165, 1.54) is 19.3 Å². The van der Waals surface area contributed by atoms with Gasteiger partial charge >= 0.3 is 0 Å². The summed E-state index contributed by atoms with van der Waals surface area (Å²) in [6, 6.07) is 0. The van der Waals surface area contributed by atoms with Gasteiger partial charge in [0.25, 0.3) is 0 Å². The molecule has 1 heteroatoms. The molecule has 0 aliphatic heterocycles. The maximum absolute atomic E-state index is 10.2. The molecule has 13 heavy (non-hydrogen) atoms. The standard InChI is InChI=1S/C12H20O/c1-11-4-8-3-9(10(8)6-11)5-12(2,13)7-11/h8-10,13H,3-7H2,1-2H3. The molecule has 3 fully saturated rings. The minimum atomic E-state index is -0.362. The smallest absolute Gasteiger partial charge is 0.0627 e. The number of fused-ring (bicyclic) bond motifs is 1. The lowest BCUT2D eigenvalue weighted by Gasteiger charge is -2.45. The van der Waals surface area contributed by atoms with Crippen LogP contribution in [0.5, 0.6) is 0 Å². The van der Waals surface area contributed by atoms with Crippen molar-refractivity contribution in [1.29, 1.82) is 0 Å². The van der Waals surface area contributed by atoms with E-state index in [1.807, 2.05) is 6.92 Å². The maximum atomic E-state index is 10.2. The lowest BCUT2D eigenvalue weighted by Crippen LogP contribution is -2.40. The molecule has 1 N–H and O–H groups in total. The highest BCUT2D eigenvalue weighted by Crippen LogP contribution is 2.64. The fourth-order valence-corrected chi connectivity index (χ4v) is 4.72. The molecule has 3 aliphatic rings. The summed E-state index contributed by atoms with van der Waals surface area (Å²) in [6.45, 7) is 4.44. The summed E-state index contributed by atoms with van der Waals surface area (Å²) in [6.07, 6.45) is 6.33. The highest BCUT2D eigenvalue weighted by atomic mass is 16.3. The summed E-state index contributed by atoms with van der Waals surface area (Å²) in [4.78, 5) is 0. The van der Waals surface area contributed by atoms with Crippen LogP contribution >= 0.6 is 0 Å². The van der Waals surface area contributed by atoms with Gasteiger partial charge in [-0.3, -0.25) is 0 Å². The fourth-order valence-electron chi connectivity index (χ4n) is 4.72. The molecule has 0 aromatic rings. The molecule has 5 unspecified atom stereocenters. The third-order valence-corrected chi connectivity index (χ3v) is 4.81. The number of hydrogen-bond acceptors (Lipinski definition) is 1. The van der Waals surface area contributed by atoms with Crippen LogP contribution < -0.4 is 0 Å². The Kier molecular flexibility index (Phi) is 1.36. The first kappa shape index (κ1) is 8.28. The summed E-state index contributed by atoms with van der Waals surface area (Å²) in [5, 5.41) is 10.2. The molecule has 3 rings (SSSR count). The van der Waals surface area contributed by atoms with Gasteiger partial charge in [0.2, 0.25) is 0 Å². The molecule has 0 spiro atoms. The van der Waals surface area contributed by atoms with Gasteiger partial charge in [0.1, 0.15) is 0 Å².